The van der Waals surface area contributed by atoms with Crippen LogP contribution in [-0.4, -0.2) is 13.4 Å². The molecule has 0 saturated heterocycles. The standard InChI is InChI=1S/C11H14O2/c1-8(2)10-4-9(7-12)5-11(6-10)13-3/h4-8H,1-3H3. The van der Waals surface area contributed by atoms with Gasteiger partial charge in [-0.15, -0.1) is 0 Å². The third-order valence-electron chi connectivity index (χ3n) is 1.99. The molecule has 2 heteroatoms. The third kappa shape index (κ3) is 2.31. The van der Waals surface area contributed by atoms with Gasteiger partial charge >= 0.3 is 0 Å². The number of rotatable bonds is 3. The van der Waals surface area contributed by atoms with Gasteiger partial charge in [0, 0.05) is 5.56 Å². The van der Waals surface area contributed by atoms with E-state index in [2.05, 4.69) is 13.8 Å². The number of hydrogen-bond donors (Lipinski definition) is 0. The highest BCUT2D eigenvalue weighted by Crippen LogP contribution is 2.21. The van der Waals surface area contributed by atoms with Crippen LogP contribution in [0.25, 0.3) is 0 Å². The molecule has 0 aliphatic rings. The Bertz CT molecular complexity index is 303. The van der Waals surface area contributed by atoms with Crippen LogP contribution in [0.1, 0.15) is 35.7 Å². The van der Waals surface area contributed by atoms with Crippen LogP contribution < -0.4 is 4.74 Å². The minimum atomic E-state index is 0.411. The van der Waals surface area contributed by atoms with E-state index in [4.69, 9.17) is 4.74 Å². The molecule has 0 N–H and O–H groups in total. The molecule has 0 radical (unpaired) electrons. The Morgan fingerprint density at radius 3 is 2.46 bits per heavy atom. The van der Waals surface area contributed by atoms with Crippen molar-refractivity contribution in [2.24, 2.45) is 0 Å². The second kappa shape index (κ2) is 4.08. The Hall–Kier alpha value is -1.31. The largest absolute Gasteiger partial charge is 0.497 e. The van der Waals surface area contributed by atoms with Gasteiger partial charge in [0.15, 0.2) is 0 Å². The van der Waals surface area contributed by atoms with Gasteiger partial charge in [-0.05, 0) is 29.7 Å². The lowest BCUT2D eigenvalue weighted by Crippen LogP contribution is -1.93. The molecule has 0 amide bonds. The summed E-state index contributed by atoms with van der Waals surface area (Å²) in [4.78, 5) is 10.6. The van der Waals surface area contributed by atoms with Crippen molar-refractivity contribution < 1.29 is 9.53 Å². The van der Waals surface area contributed by atoms with E-state index < -0.39 is 0 Å². The van der Waals surface area contributed by atoms with E-state index >= 15 is 0 Å². The summed E-state index contributed by atoms with van der Waals surface area (Å²) in [6, 6.07) is 5.58. The number of carbonyl (C=O) groups excluding carboxylic acids is 1. The summed E-state index contributed by atoms with van der Waals surface area (Å²) in [5.41, 5.74) is 1.80. The highest BCUT2D eigenvalue weighted by Gasteiger charge is 2.03. The van der Waals surface area contributed by atoms with Crippen LogP contribution in [0.3, 0.4) is 0 Å². The van der Waals surface area contributed by atoms with Gasteiger partial charge in [0.05, 0.1) is 7.11 Å². The number of ether oxygens (including phenoxy) is 1. The molecule has 1 aromatic carbocycles. The summed E-state index contributed by atoms with van der Waals surface area (Å²) in [5, 5.41) is 0. The van der Waals surface area contributed by atoms with Crippen molar-refractivity contribution in [2.45, 2.75) is 19.8 Å². The predicted octanol–water partition coefficient (Wildman–Crippen LogP) is 2.63. The predicted molar refractivity (Wildman–Crippen MR) is 52.5 cm³/mol. The van der Waals surface area contributed by atoms with Gasteiger partial charge in [-0.3, -0.25) is 4.79 Å². The van der Waals surface area contributed by atoms with E-state index in [1.54, 1.807) is 13.2 Å². The topological polar surface area (TPSA) is 26.3 Å². The lowest BCUT2D eigenvalue weighted by Gasteiger charge is -2.08. The van der Waals surface area contributed by atoms with Crippen molar-refractivity contribution in [1.29, 1.82) is 0 Å². The third-order valence-corrected chi connectivity index (χ3v) is 1.99. The summed E-state index contributed by atoms with van der Waals surface area (Å²) in [7, 11) is 1.61. The molecule has 0 saturated carbocycles. The minimum Gasteiger partial charge on any atom is -0.497 e. The van der Waals surface area contributed by atoms with Crippen molar-refractivity contribution in [1.82, 2.24) is 0 Å². The van der Waals surface area contributed by atoms with E-state index in [0.717, 1.165) is 17.6 Å². The Morgan fingerprint density at radius 2 is 2.00 bits per heavy atom. The molecule has 0 atom stereocenters. The van der Waals surface area contributed by atoms with E-state index in [-0.39, 0.29) is 0 Å². The van der Waals surface area contributed by atoms with Crippen LogP contribution in [-0.2, 0) is 0 Å². The number of methoxy groups -OCH3 is 1. The molecule has 0 aliphatic heterocycles. The fourth-order valence-corrected chi connectivity index (χ4v) is 1.17. The lowest BCUT2D eigenvalue weighted by molar-refractivity contribution is 0.112. The summed E-state index contributed by atoms with van der Waals surface area (Å²) in [6.45, 7) is 4.17. The average molecular weight is 178 g/mol. The van der Waals surface area contributed by atoms with Gasteiger partial charge in [-0.25, -0.2) is 0 Å². The quantitative estimate of drug-likeness (QED) is 0.665. The molecule has 0 heterocycles. The first-order chi connectivity index (χ1) is 6.17. The van der Waals surface area contributed by atoms with Gasteiger partial charge < -0.3 is 4.74 Å². The minimum absolute atomic E-state index is 0.411. The summed E-state index contributed by atoms with van der Waals surface area (Å²) in [5.74, 6) is 1.15. The highest BCUT2D eigenvalue weighted by atomic mass is 16.5. The molecule has 70 valence electrons. The molecular formula is C11H14O2. The zero-order valence-corrected chi connectivity index (χ0v) is 8.20. The maximum atomic E-state index is 10.6. The number of hydrogen-bond acceptors (Lipinski definition) is 2. The van der Waals surface area contributed by atoms with Crippen molar-refractivity contribution in [3.05, 3.63) is 29.3 Å². The molecular weight excluding hydrogens is 164 g/mol. The Morgan fingerprint density at radius 1 is 1.31 bits per heavy atom. The van der Waals surface area contributed by atoms with Crippen molar-refractivity contribution in [2.75, 3.05) is 7.11 Å². The number of carbonyl (C=O) groups is 1. The van der Waals surface area contributed by atoms with Gasteiger partial charge in [-0.1, -0.05) is 13.8 Å². The first-order valence-corrected chi connectivity index (χ1v) is 4.31. The first-order valence-electron chi connectivity index (χ1n) is 4.31. The molecule has 1 aromatic rings. The molecule has 0 spiro atoms. The van der Waals surface area contributed by atoms with E-state index in [1.807, 2.05) is 12.1 Å². The molecule has 1 rings (SSSR count). The second-order valence-electron chi connectivity index (χ2n) is 3.31. The van der Waals surface area contributed by atoms with Crippen LogP contribution in [0.5, 0.6) is 5.75 Å². The SMILES string of the molecule is COc1cc(C=O)cc(C(C)C)c1. The van der Waals surface area contributed by atoms with Crippen LogP contribution in [0.15, 0.2) is 18.2 Å². The molecule has 0 unspecified atom stereocenters. The number of aldehydes is 1. The maximum Gasteiger partial charge on any atom is 0.150 e. The average Bonchev–Trinajstić information content (AvgIpc) is 2.16. The number of benzene rings is 1. The normalized spacial score (nSPS) is 10.2. The molecule has 0 aliphatic carbocycles. The molecule has 0 fully saturated rings. The van der Waals surface area contributed by atoms with Gasteiger partial charge in [0.1, 0.15) is 12.0 Å². The first kappa shape index (κ1) is 9.78. The summed E-state index contributed by atoms with van der Waals surface area (Å²) in [6.07, 6.45) is 0.842. The van der Waals surface area contributed by atoms with Crippen molar-refractivity contribution in [3.8, 4) is 5.75 Å². The molecule has 2 nitrogen and oxygen atoms in total. The monoisotopic (exact) mass is 178 g/mol. The van der Waals surface area contributed by atoms with Crippen LogP contribution >= 0.6 is 0 Å². The molecule has 13 heavy (non-hydrogen) atoms. The molecule has 0 bridgehead atoms. The van der Waals surface area contributed by atoms with E-state index in [9.17, 15) is 4.79 Å². The molecule has 0 aromatic heterocycles. The van der Waals surface area contributed by atoms with E-state index in [1.165, 1.54) is 0 Å². The Balaban J connectivity index is 3.14. The van der Waals surface area contributed by atoms with Gasteiger partial charge in [0.25, 0.3) is 0 Å². The second-order valence-corrected chi connectivity index (χ2v) is 3.31. The maximum absolute atomic E-state index is 10.6. The summed E-state index contributed by atoms with van der Waals surface area (Å²) >= 11 is 0. The van der Waals surface area contributed by atoms with Gasteiger partial charge in [0.2, 0.25) is 0 Å². The smallest absolute Gasteiger partial charge is 0.150 e. The summed E-state index contributed by atoms with van der Waals surface area (Å²) < 4.78 is 5.09. The Kier molecular flexibility index (Phi) is 3.07. The zero-order chi connectivity index (χ0) is 9.84. The van der Waals surface area contributed by atoms with E-state index in [0.29, 0.717) is 11.5 Å². The van der Waals surface area contributed by atoms with Crippen molar-refractivity contribution >= 4 is 6.29 Å². The Labute approximate surface area is 78.5 Å². The zero-order valence-electron chi connectivity index (χ0n) is 8.20. The van der Waals surface area contributed by atoms with Crippen LogP contribution in [0.2, 0.25) is 0 Å². The van der Waals surface area contributed by atoms with Crippen LogP contribution in [0, 0.1) is 0 Å². The fourth-order valence-electron chi connectivity index (χ4n) is 1.17. The van der Waals surface area contributed by atoms with Gasteiger partial charge in [-0.2, -0.15) is 0 Å². The fraction of sp³-hybridized carbons (Fsp3) is 0.364. The highest BCUT2D eigenvalue weighted by molar-refractivity contribution is 5.76. The van der Waals surface area contributed by atoms with Crippen molar-refractivity contribution in [3.63, 3.8) is 0 Å². The van der Waals surface area contributed by atoms with Crippen LogP contribution in [0.4, 0.5) is 0 Å². The lowest BCUT2D eigenvalue weighted by atomic mass is 10.0.